The van der Waals surface area contributed by atoms with Crippen LogP contribution < -0.4 is 0 Å². The van der Waals surface area contributed by atoms with Gasteiger partial charge in [-0.3, -0.25) is 9.69 Å². The highest BCUT2D eigenvalue weighted by Gasteiger charge is 2.42. The van der Waals surface area contributed by atoms with Crippen molar-refractivity contribution in [3.05, 3.63) is 35.9 Å². The number of amides is 3. The van der Waals surface area contributed by atoms with Gasteiger partial charge >= 0.3 is 6.03 Å². The van der Waals surface area contributed by atoms with Crippen molar-refractivity contribution in [2.24, 2.45) is 0 Å². The number of hydrogen-bond donors (Lipinski definition) is 1. The molecule has 0 N–H and O–H groups in total. The highest BCUT2D eigenvalue weighted by molar-refractivity contribution is 7.80. The first-order chi connectivity index (χ1) is 11.2. The molecule has 0 saturated carbocycles. The number of rotatable bonds is 5. The SMILES string of the molecule is O=C1CN(N2CCCCC2)C(=O)N1C(CS)Cc1ccccc1. The van der Waals surface area contributed by atoms with E-state index in [0.717, 1.165) is 31.5 Å². The van der Waals surface area contributed by atoms with Crippen molar-refractivity contribution in [1.29, 1.82) is 0 Å². The number of benzene rings is 1. The average Bonchev–Trinajstić information content (AvgIpc) is 2.89. The summed E-state index contributed by atoms with van der Waals surface area (Å²) in [5.41, 5.74) is 1.11. The molecule has 3 rings (SSSR count). The molecule has 2 fully saturated rings. The number of carbonyl (C=O) groups is 2. The van der Waals surface area contributed by atoms with Crippen LogP contribution in [0, 0.1) is 0 Å². The van der Waals surface area contributed by atoms with Crippen LogP contribution >= 0.6 is 12.6 Å². The summed E-state index contributed by atoms with van der Waals surface area (Å²) in [7, 11) is 0. The second kappa shape index (κ2) is 7.36. The Bertz CT molecular complexity index is 560. The van der Waals surface area contributed by atoms with Gasteiger partial charge in [-0.15, -0.1) is 0 Å². The normalized spacial score (nSPS) is 21.1. The van der Waals surface area contributed by atoms with Crippen molar-refractivity contribution >= 4 is 24.6 Å². The zero-order valence-electron chi connectivity index (χ0n) is 13.2. The molecule has 0 bridgehead atoms. The number of carbonyl (C=O) groups excluding carboxylic acids is 2. The van der Waals surface area contributed by atoms with Crippen LogP contribution in [0.25, 0.3) is 0 Å². The fourth-order valence-corrected chi connectivity index (χ4v) is 3.62. The van der Waals surface area contributed by atoms with E-state index in [2.05, 4.69) is 12.6 Å². The molecule has 2 heterocycles. The van der Waals surface area contributed by atoms with Gasteiger partial charge < -0.3 is 0 Å². The third kappa shape index (κ3) is 3.53. The third-order valence-electron chi connectivity index (χ3n) is 4.54. The van der Waals surface area contributed by atoms with Crippen molar-refractivity contribution in [1.82, 2.24) is 14.9 Å². The smallest absolute Gasteiger partial charge is 0.272 e. The van der Waals surface area contributed by atoms with E-state index in [0.29, 0.717) is 12.2 Å². The summed E-state index contributed by atoms with van der Waals surface area (Å²) in [6.07, 6.45) is 4.01. The lowest BCUT2D eigenvalue weighted by Gasteiger charge is -2.34. The van der Waals surface area contributed by atoms with Gasteiger partial charge in [0.1, 0.15) is 6.54 Å². The van der Waals surface area contributed by atoms with E-state index in [1.807, 2.05) is 35.3 Å². The first-order valence-electron chi connectivity index (χ1n) is 8.24. The lowest BCUT2D eigenvalue weighted by Crippen LogP contribution is -2.49. The van der Waals surface area contributed by atoms with Gasteiger partial charge in [0.25, 0.3) is 5.91 Å². The van der Waals surface area contributed by atoms with Crippen LogP contribution in [-0.2, 0) is 11.2 Å². The topological polar surface area (TPSA) is 43.9 Å². The minimum Gasteiger partial charge on any atom is -0.272 e. The Hall–Kier alpha value is -1.53. The summed E-state index contributed by atoms with van der Waals surface area (Å²) in [5, 5.41) is 3.66. The molecule has 0 aliphatic carbocycles. The summed E-state index contributed by atoms with van der Waals surface area (Å²) < 4.78 is 0. The molecular weight excluding hydrogens is 310 g/mol. The Labute approximate surface area is 142 Å². The van der Waals surface area contributed by atoms with Crippen LogP contribution in [0.4, 0.5) is 4.79 Å². The number of piperidine rings is 1. The molecular formula is C17H23N3O2S. The van der Waals surface area contributed by atoms with Gasteiger partial charge in [-0.2, -0.15) is 12.6 Å². The van der Waals surface area contributed by atoms with Crippen molar-refractivity contribution < 1.29 is 9.59 Å². The molecule has 1 atom stereocenters. The van der Waals surface area contributed by atoms with E-state index in [1.165, 1.54) is 11.3 Å². The maximum absolute atomic E-state index is 12.8. The van der Waals surface area contributed by atoms with Crippen LogP contribution in [0.1, 0.15) is 24.8 Å². The molecule has 23 heavy (non-hydrogen) atoms. The first kappa shape index (κ1) is 16.3. The van der Waals surface area contributed by atoms with Crippen LogP contribution in [0.3, 0.4) is 0 Å². The Morgan fingerprint density at radius 2 is 1.74 bits per heavy atom. The van der Waals surface area contributed by atoms with Crippen molar-refractivity contribution in [3.8, 4) is 0 Å². The van der Waals surface area contributed by atoms with Crippen molar-refractivity contribution in [3.63, 3.8) is 0 Å². The highest BCUT2D eigenvalue weighted by Crippen LogP contribution is 2.22. The fraction of sp³-hybridized carbons (Fsp3) is 0.529. The van der Waals surface area contributed by atoms with Gasteiger partial charge in [0.2, 0.25) is 0 Å². The van der Waals surface area contributed by atoms with Gasteiger partial charge in [-0.1, -0.05) is 36.8 Å². The number of imide groups is 1. The van der Waals surface area contributed by atoms with E-state index >= 15 is 0 Å². The monoisotopic (exact) mass is 333 g/mol. The Kier molecular flexibility index (Phi) is 5.23. The molecule has 2 aliphatic rings. The summed E-state index contributed by atoms with van der Waals surface area (Å²) in [6, 6.07) is 9.55. The van der Waals surface area contributed by atoms with Crippen molar-refractivity contribution in [2.75, 3.05) is 25.4 Å². The predicted molar refractivity (Wildman–Crippen MR) is 92.2 cm³/mol. The minimum absolute atomic E-state index is 0.115. The molecule has 1 aromatic rings. The molecule has 0 radical (unpaired) electrons. The van der Waals surface area contributed by atoms with Crippen molar-refractivity contribution in [2.45, 2.75) is 31.7 Å². The molecule has 2 saturated heterocycles. The molecule has 1 aromatic carbocycles. The van der Waals surface area contributed by atoms with Crippen LogP contribution in [0.5, 0.6) is 0 Å². The Morgan fingerprint density at radius 1 is 1.04 bits per heavy atom. The fourth-order valence-electron chi connectivity index (χ4n) is 3.33. The Balaban J connectivity index is 1.72. The van der Waals surface area contributed by atoms with Gasteiger partial charge in [0.05, 0.1) is 6.04 Å². The Morgan fingerprint density at radius 3 is 2.39 bits per heavy atom. The number of hydrogen-bond acceptors (Lipinski definition) is 4. The molecule has 0 spiro atoms. The molecule has 6 heteroatoms. The second-order valence-corrected chi connectivity index (χ2v) is 6.51. The van der Waals surface area contributed by atoms with E-state index in [-0.39, 0.29) is 24.5 Å². The summed E-state index contributed by atoms with van der Waals surface area (Å²) in [4.78, 5) is 26.6. The molecule has 2 aliphatic heterocycles. The number of urea groups is 1. The highest BCUT2D eigenvalue weighted by atomic mass is 32.1. The standard InChI is InChI=1S/C17H23N3O2S/c21-16-12-19(18-9-5-2-6-10-18)17(22)20(16)15(13-23)11-14-7-3-1-4-8-14/h1,3-4,7-8,15,23H,2,5-6,9-13H2. The first-order valence-corrected chi connectivity index (χ1v) is 8.87. The maximum Gasteiger partial charge on any atom is 0.342 e. The number of nitrogens with zero attached hydrogens (tertiary/aromatic N) is 3. The summed E-state index contributed by atoms with van der Waals surface area (Å²) in [5.74, 6) is 0.357. The van der Waals surface area contributed by atoms with Gasteiger partial charge in [-0.05, 0) is 24.8 Å². The van der Waals surface area contributed by atoms with E-state index < -0.39 is 0 Å². The van der Waals surface area contributed by atoms with E-state index in [4.69, 9.17) is 0 Å². The van der Waals surface area contributed by atoms with Crippen LogP contribution in [0.2, 0.25) is 0 Å². The molecule has 3 amide bonds. The molecule has 5 nitrogen and oxygen atoms in total. The number of thiol groups is 1. The molecule has 124 valence electrons. The maximum atomic E-state index is 12.8. The largest absolute Gasteiger partial charge is 0.342 e. The number of hydrazine groups is 1. The van der Waals surface area contributed by atoms with E-state index in [1.54, 1.807) is 5.01 Å². The van der Waals surface area contributed by atoms with Gasteiger partial charge in [-0.25, -0.2) is 14.8 Å². The zero-order valence-corrected chi connectivity index (χ0v) is 14.1. The van der Waals surface area contributed by atoms with Crippen LogP contribution in [-0.4, -0.2) is 58.3 Å². The van der Waals surface area contributed by atoms with Gasteiger partial charge in [0.15, 0.2) is 0 Å². The lowest BCUT2D eigenvalue weighted by molar-refractivity contribution is -0.127. The van der Waals surface area contributed by atoms with Gasteiger partial charge in [0, 0.05) is 18.8 Å². The quantitative estimate of drug-likeness (QED) is 0.664. The average molecular weight is 333 g/mol. The minimum atomic E-state index is -0.199. The van der Waals surface area contributed by atoms with Crippen LogP contribution in [0.15, 0.2) is 30.3 Å². The summed E-state index contributed by atoms with van der Waals surface area (Å²) in [6.45, 7) is 1.88. The second-order valence-electron chi connectivity index (χ2n) is 6.14. The summed E-state index contributed by atoms with van der Waals surface area (Å²) >= 11 is 4.38. The molecule has 0 aromatic heterocycles. The third-order valence-corrected chi connectivity index (χ3v) is 4.97. The zero-order chi connectivity index (χ0) is 16.2. The molecule has 1 unspecified atom stereocenters. The predicted octanol–water partition coefficient (Wildman–Crippen LogP) is 2.19. The van der Waals surface area contributed by atoms with E-state index in [9.17, 15) is 9.59 Å². The lowest BCUT2D eigenvalue weighted by atomic mass is 10.1.